The standard InChI is InChI=1S/C24H24N4O2S/c1-14-15(2)31-22-20(14)23(29)28(16(3)26-22)18-9-12-27(13-10-18)24(30)21-19-7-5-4-6-17(19)8-11-25-21/h4-8,11,18H,9-10,12-13H2,1-3H3. The molecular weight excluding hydrogens is 408 g/mol. The predicted octanol–water partition coefficient (Wildman–Crippen LogP) is 4.41. The van der Waals surface area contributed by atoms with Gasteiger partial charge in [0.05, 0.1) is 5.39 Å². The summed E-state index contributed by atoms with van der Waals surface area (Å²) in [4.78, 5) is 39.4. The van der Waals surface area contributed by atoms with E-state index in [1.165, 1.54) is 0 Å². The number of amides is 1. The third-order valence-electron chi connectivity index (χ3n) is 6.40. The van der Waals surface area contributed by atoms with E-state index in [1.807, 2.05) is 60.6 Å². The highest BCUT2D eigenvalue weighted by Crippen LogP contribution is 2.29. The number of carbonyl (C=O) groups excluding carboxylic acids is 1. The number of likely N-dealkylation sites (tertiary alicyclic amines) is 1. The van der Waals surface area contributed by atoms with Gasteiger partial charge in [-0.25, -0.2) is 4.98 Å². The molecule has 1 fully saturated rings. The number of aryl methyl sites for hydroxylation is 3. The number of nitrogens with zero attached hydrogens (tertiary/aromatic N) is 4. The van der Waals surface area contributed by atoms with E-state index in [1.54, 1.807) is 17.5 Å². The van der Waals surface area contributed by atoms with Crippen LogP contribution in [0.15, 0.2) is 41.3 Å². The molecule has 0 unspecified atom stereocenters. The number of pyridine rings is 1. The molecule has 1 aliphatic rings. The van der Waals surface area contributed by atoms with E-state index in [-0.39, 0.29) is 17.5 Å². The summed E-state index contributed by atoms with van der Waals surface area (Å²) < 4.78 is 1.85. The highest BCUT2D eigenvalue weighted by Gasteiger charge is 2.28. The van der Waals surface area contributed by atoms with E-state index in [0.29, 0.717) is 18.8 Å². The predicted molar refractivity (Wildman–Crippen MR) is 124 cm³/mol. The monoisotopic (exact) mass is 432 g/mol. The first-order valence-electron chi connectivity index (χ1n) is 10.6. The van der Waals surface area contributed by atoms with Gasteiger partial charge in [-0.15, -0.1) is 11.3 Å². The molecule has 6 nitrogen and oxygen atoms in total. The second-order valence-electron chi connectivity index (χ2n) is 8.20. The highest BCUT2D eigenvalue weighted by atomic mass is 32.1. The Morgan fingerprint density at radius 3 is 2.61 bits per heavy atom. The molecule has 0 spiro atoms. The fourth-order valence-electron chi connectivity index (χ4n) is 4.60. The fourth-order valence-corrected chi connectivity index (χ4v) is 5.67. The molecule has 158 valence electrons. The zero-order chi connectivity index (χ0) is 21.7. The summed E-state index contributed by atoms with van der Waals surface area (Å²) in [5, 5.41) is 2.63. The molecule has 0 bridgehead atoms. The molecule has 1 aliphatic heterocycles. The van der Waals surface area contributed by atoms with Gasteiger partial charge in [0.1, 0.15) is 16.3 Å². The van der Waals surface area contributed by atoms with Crippen LogP contribution in [0, 0.1) is 20.8 Å². The minimum Gasteiger partial charge on any atom is -0.337 e. The maximum Gasteiger partial charge on any atom is 0.273 e. The number of hydrogen-bond donors (Lipinski definition) is 0. The summed E-state index contributed by atoms with van der Waals surface area (Å²) in [6, 6.07) is 9.80. The fraction of sp³-hybridized carbons (Fsp3) is 0.333. The van der Waals surface area contributed by atoms with Crippen molar-refractivity contribution in [1.82, 2.24) is 19.4 Å². The van der Waals surface area contributed by atoms with Crippen molar-refractivity contribution in [1.29, 1.82) is 0 Å². The average molecular weight is 433 g/mol. The summed E-state index contributed by atoms with van der Waals surface area (Å²) in [5.74, 6) is 0.705. The van der Waals surface area contributed by atoms with Crippen molar-refractivity contribution in [2.75, 3.05) is 13.1 Å². The van der Waals surface area contributed by atoms with E-state index in [2.05, 4.69) is 4.98 Å². The van der Waals surface area contributed by atoms with Crippen molar-refractivity contribution < 1.29 is 4.79 Å². The smallest absolute Gasteiger partial charge is 0.273 e. The Morgan fingerprint density at radius 2 is 1.84 bits per heavy atom. The first-order valence-corrected chi connectivity index (χ1v) is 11.4. The molecule has 4 heterocycles. The Kier molecular flexibility index (Phi) is 4.85. The molecule has 1 saturated heterocycles. The lowest BCUT2D eigenvalue weighted by molar-refractivity contribution is 0.0689. The van der Waals surface area contributed by atoms with Gasteiger partial charge in [0.2, 0.25) is 0 Å². The van der Waals surface area contributed by atoms with E-state index < -0.39 is 0 Å². The van der Waals surface area contributed by atoms with Gasteiger partial charge in [-0.2, -0.15) is 0 Å². The minimum absolute atomic E-state index is 0.0443. The van der Waals surface area contributed by atoms with Gasteiger partial charge in [0.25, 0.3) is 11.5 Å². The molecular formula is C24H24N4O2S. The van der Waals surface area contributed by atoms with Gasteiger partial charge < -0.3 is 4.90 Å². The summed E-state index contributed by atoms with van der Waals surface area (Å²) in [6.45, 7) is 7.13. The summed E-state index contributed by atoms with van der Waals surface area (Å²) in [7, 11) is 0. The molecule has 1 amide bonds. The second kappa shape index (κ2) is 7.57. The van der Waals surface area contributed by atoms with E-state index >= 15 is 0 Å². The van der Waals surface area contributed by atoms with Crippen LogP contribution in [0.1, 0.15) is 45.6 Å². The number of hydrogen-bond acceptors (Lipinski definition) is 5. The van der Waals surface area contributed by atoms with Crippen LogP contribution < -0.4 is 5.56 Å². The zero-order valence-corrected chi connectivity index (χ0v) is 18.7. The van der Waals surface area contributed by atoms with Gasteiger partial charge in [-0.1, -0.05) is 24.3 Å². The van der Waals surface area contributed by atoms with E-state index in [0.717, 1.165) is 50.1 Å². The number of aromatic nitrogens is 3. The molecule has 7 heteroatoms. The maximum absolute atomic E-state index is 13.3. The first-order chi connectivity index (χ1) is 15.0. The van der Waals surface area contributed by atoms with Crippen LogP contribution in [0.2, 0.25) is 0 Å². The van der Waals surface area contributed by atoms with Crippen molar-refractivity contribution in [3.05, 3.63) is 68.8 Å². The van der Waals surface area contributed by atoms with Gasteiger partial charge in [0.15, 0.2) is 0 Å². The zero-order valence-electron chi connectivity index (χ0n) is 17.9. The van der Waals surface area contributed by atoms with E-state index in [4.69, 9.17) is 4.98 Å². The molecule has 3 aromatic heterocycles. The lowest BCUT2D eigenvalue weighted by Gasteiger charge is -2.33. The SMILES string of the molecule is Cc1sc2nc(C)n(C3CCN(C(=O)c4nccc5ccccc45)CC3)c(=O)c2c1C. The van der Waals surface area contributed by atoms with Gasteiger partial charge >= 0.3 is 0 Å². The molecule has 0 atom stereocenters. The number of benzene rings is 1. The largest absolute Gasteiger partial charge is 0.337 e. The van der Waals surface area contributed by atoms with Crippen molar-refractivity contribution in [3.8, 4) is 0 Å². The second-order valence-corrected chi connectivity index (χ2v) is 9.40. The number of rotatable bonds is 2. The Morgan fingerprint density at radius 1 is 1.10 bits per heavy atom. The molecule has 5 rings (SSSR count). The topological polar surface area (TPSA) is 68.1 Å². The number of piperidine rings is 1. The van der Waals surface area contributed by atoms with Crippen LogP contribution in [-0.2, 0) is 0 Å². The average Bonchev–Trinajstić information content (AvgIpc) is 3.06. The Bertz CT molecular complexity index is 1370. The molecule has 1 aromatic carbocycles. The molecule has 4 aromatic rings. The summed E-state index contributed by atoms with van der Waals surface area (Å²) in [6.07, 6.45) is 3.15. The minimum atomic E-state index is -0.0443. The highest BCUT2D eigenvalue weighted by molar-refractivity contribution is 7.18. The number of thiophene rings is 1. The van der Waals surface area contributed by atoms with Crippen molar-refractivity contribution >= 4 is 38.2 Å². The van der Waals surface area contributed by atoms with Crippen LogP contribution in [-0.4, -0.2) is 38.4 Å². The maximum atomic E-state index is 13.3. The Balaban J connectivity index is 1.41. The quantitative estimate of drug-likeness (QED) is 0.471. The van der Waals surface area contributed by atoms with Gasteiger partial charge in [-0.3, -0.25) is 19.1 Å². The van der Waals surface area contributed by atoms with Gasteiger partial charge in [-0.05, 0) is 50.6 Å². The van der Waals surface area contributed by atoms with Crippen molar-refractivity contribution in [2.24, 2.45) is 0 Å². The first kappa shape index (κ1) is 19.9. The Hall–Kier alpha value is -3.06. The number of carbonyl (C=O) groups is 1. The molecule has 0 saturated carbocycles. The molecule has 0 aliphatic carbocycles. The molecule has 0 radical (unpaired) electrons. The van der Waals surface area contributed by atoms with Crippen LogP contribution in [0.4, 0.5) is 0 Å². The molecule has 31 heavy (non-hydrogen) atoms. The summed E-state index contributed by atoms with van der Waals surface area (Å²) >= 11 is 1.58. The van der Waals surface area contributed by atoms with Crippen molar-refractivity contribution in [3.63, 3.8) is 0 Å². The van der Waals surface area contributed by atoms with Crippen LogP contribution in [0.25, 0.3) is 21.0 Å². The van der Waals surface area contributed by atoms with Crippen molar-refractivity contribution in [2.45, 2.75) is 39.7 Å². The van der Waals surface area contributed by atoms with Crippen LogP contribution in [0.3, 0.4) is 0 Å². The van der Waals surface area contributed by atoms with Crippen LogP contribution >= 0.6 is 11.3 Å². The lowest BCUT2D eigenvalue weighted by Crippen LogP contribution is -2.41. The van der Waals surface area contributed by atoms with Crippen LogP contribution in [0.5, 0.6) is 0 Å². The number of fused-ring (bicyclic) bond motifs is 2. The Labute approximate surface area is 184 Å². The lowest BCUT2D eigenvalue weighted by atomic mass is 10.0. The van der Waals surface area contributed by atoms with Gasteiger partial charge in [0, 0.05) is 35.6 Å². The van der Waals surface area contributed by atoms with E-state index in [9.17, 15) is 9.59 Å². The normalized spacial score (nSPS) is 15.1. The summed E-state index contributed by atoms with van der Waals surface area (Å²) in [5.41, 5.74) is 1.57. The molecule has 0 N–H and O–H groups in total. The third kappa shape index (κ3) is 3.24. The third-order valence-corrected chi connectivity index (χ3v) is 7.51.